The van der Waals surface area contributed by atoms with Crippen molar-refractivity contribution in [3.05, 3.63) is 0 Å². The molecular formula is C10H19N. The Kier molecular flexibility index (Phi) is 1.92. The molecule has 1 saturated carbocycles. The molecule has 0 radical (unpaired) electrons. The van der Waals surface area contributed by atoms with Crippen molar-refractivity contribution in [1.82, 2.24) is 4.90 Å². The summed E-state index contributed by atoms with van der Waals surface area (Å²) in [7, 11) is 2.27. The van der Waals surface area contributed by atoms with Crippen LogP contribution in [0.1, 0.15) is 26.2 Å². The van der Waals surface area contributed by atoms with Gasteiger partial charge in [0, 0.05) is 13.1 Å². The Bertz CT molecular complexity index is 110. The van der Waals surface area contributed by atoms with Gasteiger partial charge in [0.2, 0.25) is 0 Å². The second kappa shape index (κ2) is 2.78. The third-order valence-corrected chi connectivity index (χ3v) is 3.28. The largest absolute Gasteiger partial charge is 0.306 e. The third-order valence-electron chi connectivity index (χ3n) is 3.28. The minimum absolute atomic E-state index is 1.01. The lowest BCUT2D eigenvalue weighted by molar-refractivity contribution is 0.0802. The van der Waals surface area contributed by atoms with Gasteiger partial charge in [-0.15, -0.1) is 0 Å². The van der Waals surface area contributed by atoms with Crippen molar-refractivity contribution in [2.45, 2.75) is 26.2 Å². The lowest BCUT2D eigenvalue weighted by Crippen LogP contribution is -2.42. The highest BCUT2D eigenvalue weighted by atomic mass is 15.1. The van der Waals surface area contributed by atoms with Crippen LogP contribution in [0.25, 0.3) is 0 Å². The summed E-state index contributed by atoms with van der Waals surface area (Å²) in [6.45, 7) is 5.14. The van der Waals surface area contributed by atoms with E-state index in [4.69, 9.17) is 0 Å². The molecule has 0 aromatic rings. The number of likely N-dealkylation sites (tertiary alicyclic amines) is 1. The first kappa shape index (κ1) is 7.60. The standard InChI is InChI=1S/C10H19N/c1-8-3-9-5-10(4-8)7-11(2)6-9/h8-10H,3-7H2,1-2H3. The van der Waals surface area contributed by atoms with Crippen LogP contribution in [0.4, 0.5) is 0 Å². The SMILES string of the molecule is CC1CC2CC(C1)CN(C)C2. The summed E-state index contributed by atoms with van der Waals surface area (Å²) in [6.07, 6.45) is 4.50. The van der Waals surface area contributed by atoms with Gasteiger partial charge in [-0.25, -0.2) is 0 Å². The maximum absolute atomic E-state index is 2.52. The van der Waals surface area contributed by atoms with Crippen molar-refractivity contribution in [3.63, 3.8) is 0 Å². The zero-order valence-corrected chi connectivity index (χ0v) is 7.71. The van der Waals surface area contributed by atoms with Gasteiger partial charge in [0.1, 0.15) is 0 Å². The van der Waals surface area contributed by atoms with Crippen LogP contribution in [-0.4, -0.2) is 25.0 Å². The van der Waals surface area contributed by atoms with Crippen molar-refractivity contribution in [3.8, 4) is 0 Å². The highest BCUT2D eigenvalue weighted by molar-refractivity contribution is 4.84. The molecule has 0 spiro atoms. The van der Waals surface area contributed by atoms with Crippen LogP contribution in [0.2, 0.25) is 0 Å². The van der Waals surface area contributed by atoms with Crippen molar-refractivity contribution in [1.29, 1.82) is 0 Å². The van der Waals surface area contributed by atoms with E-state index in [2.05, 4.69) is 18.9 Å². The van der Waals surface area contributed by atoms with Gasteiger partial charge in [0.05, 0.1) is 0 Å². The van der Waals surface area contributed by atoms with Gasteiger partial charge in [-0.2, -0.15) is 0 Å². The fourth-order valence-corrected chi connectivity index (χ4v) is 3.15. The van der Waals surface area contributed by atoms with E-state index in [9.17, 15) is 0 Å². The average molecular weight is 153 g/mol. The zero-order chi connectivity index (χ0) is 7.84. The quantitative estimate of drug-likeness (QED) is 0.514. The summed E-state index contributed by atoms with van der Waals surface area (Å²) >= 11 is 0. The molecule has 2 rings (SSSR count). The molecule has 0 aromatic heterocycles. The van der Waals surface area contributed by atoms with Crippen LogP contribution < -0.4 is 0 Å². The molecule has 1 aliphatic heterocycles. The van der Waals surface area contributed by atoms with E-state index < -0.39 is 0 Å². The Morgan fingerprint density at radius 1 is 1.00 bits per heavy atom. The minimum Gasteiger partial charge on any atom is -0.306 e. The summed E-state index contributed by atoms with van der Waals surface area (Å²) in [5.41, 5.74) is 0. The molecule has 64 valence electrons. The van der Waals surface area contributed by atoms with E-state index >= 15 is 0 Å². The van der Waals surface area contributed by atoms with Gasteiger partial charge in [-0.05, 0) is 44.1 Å². The van der Waals surface area contributed by atoms with Crippen LogP contribution in [-0.2, 0) is 0 Å². The van der Waals surface area contributed by atoms with Crippen molar-refractivity contribution in [2.75, 3.05) is 20.1 Å². The van der Waals surface area contributed by atoms with Crippen molar-refractivity contribution < 1.29 is 0 Å². The van der Waals surface area contributed by atoms with Crippen LogP contribution in [0.15, 0.2) is 0 Å². The predicted octanol–water partition coefficient (Wildman–Crippen LogP) is 1.98. The van der Waals surface area contributed by atoms with E-state index in [1.54, 1.807) is 0 Å². The number of fused-ring (bicyclic) bond motifs is 2. The molecule has 1 heteroatoms. The first-order chi connectivity index (χ1) is 5.24. The van der Waals surface area contributed by atoms with Crippen molar-refractivity contribution in [2.24, 2.45) is 17.8 Å². The molecule has 1 nitrogen and oxygen atoms in total. The summed E-state index contributed by atoms with van der Waals surface area (Å²) in [5.74, 6) is 3.07. The maximum atomic E-state index is 2.52. The number of rotatable bonds is 0. The smallest absolute Gasteiger partial charge is 0.000693 e. The van der Waals surface area contributed by atoms with E-state index in [-0.39, 0.29) is 0 Å². The minimum atomic E-state index is 1.01. The Labute approximate surface area is 69.8 Å². The second-order valence-corrected chi connectivity index (χ2v) is 4.77. The van der Waals surface area contributed by atoms with Gasteiger partial charge < -0.3 is 4.90 Å². The fraction of sp³-hybridized carbons (Fsp3) is 1.00. The molecule has 0 N–H and O–H groups in total. The van der Waals surface area contributed by atoms with Gasteiger partial charge in [-0.1, -0.05) is 6.92 Å². The van der Waals surface area contributed by atoms with E-state index in [1.807, 2.05) is 0 Å². The average Bonchev–Trinajstić information content (AvgIpc) is 1.82. The van der Waals surface area contributed by atoms with Gasteiger partial charge in [-0.3, -0.25) is 0 Å². The molecule has 0 amide bonds. The first-order valence-electron chi connectivity index (χ1n) is 4.92. The summed E-state index contributed by atoms with van der Waals surface area (Å²) in [4.78, 5) is 2.52. The van der Waals surface area contributed by atoms with Crippen LogP contribution in [0, 0.1) is 17.8 Å². The third kappa shape index (κ3) is 1.58. The molecule has 2 unspecified atom stereocenters. The molecule has 2 fully saturated rings. The highest BCUT2D eigenvalue weighted by Crippen LogP contribution is 2.36. The van der Waals surface area contributed by atoms with Crippen molar-refractivity contribution >= 4 is 0 Å². The monoisotopic (exact) mass is 153 g/mol. The normalized spacial score (nSPS) is 45.8. The van der Waals surface area contributed by atoms with Crippen LogP contribution >= 0.6 is 0 Å². The Morgan fingerprint density at radius 2 is 1.55 bits per heavy atom. The highest BCUT2D eigenvalue weighted by Gasteiger charge is 2.31. The lowest BCUT2D eigenvalue weighted by Gasteiger charge is -2.42. The molecule has 1 heterocycles. The van der Waals surface area contributed by atoms with E-state index in [0.29, 0.717) is 0 Å². The Morgan fingerprint density at radius 3 is 2.09 bits per heavy atom. The second-order valence-electron chi connectivity index (χ2n) is 4.77. The number of hydrogen-bond donors (Lipinski definition) is 0. The Balaban J connectivity index is 2.00. The Hall–Kier alpha value is -0.0400. The molecule has 1 aliphatic carbocycles. The summed E-state index contributed by atoms with van der Waals surface area (Å²) in [5, 5.41) is 0. The number of piperidine rings is 1. The molecule has 2 aliphatic rings. The molecule has 11 heavy (non-hydrogen) atoms. The number of nitrogens with zero attached hydrogens (tertiary/aromatic N) is 1. The summed E-state index contributed by atoms with van der Waals surface area (Å²) < 4.78 is 0. The molecular weight excluding hydrogens is 134 g/mol. The molecule has 2 bridgehead atoms. The van der Waals surface area contributed by atoms with Crippen LogP contribution in [0.5, 0.6) is 0 Å². The van der Waals surface area contributed by atoms with E-state index in [1.165, 1.54) is 32.4 Å². The molecule has 1 saturated heterocycles. The van der Waals surface area contributed by atoms with Gasteiger partial charge in [0.25, 0.3) is 0 Å². The lowest BCUT2D eigenvalue weighted by atomic mass is 9.73. The number of hydrogen-bond acceptors (Lipinski definition) is 1. The maximum Gasteiger partial charge on any atom is 0.000693 e. The zero-order valence-electron chi connectivity index (χ0n) is 7.71. The first-order valence-corrected chi connectivity index (χ1v) is 4.92. The van der Waals surface area contributed by atoms with Gasteiger partial charge in [0.15, 0.2) is 0 Å². The molecule has 2 atom stereocenters. The topological polar surface area (TPSA) is 3.24 Å². The summed E-state index contributed by atoms with van der Waals surface area (Å²) in [6, 6.07) is 0. The van der Waals surface area contributed by atoms with E-state index in [0.717, 1.165) is 17.8 Å². The van der Waals surface area contributed by atoms with Crippen LogP contribution in [0.3, 0.4) is 0 Å². The van der Waals surface area contributed by atoms with Gasteiger partial charge >= 0.3 is 0 Å². The fourth-order valence-electron chi connectivity index (χ4n) is 3.15. The predicted molar refractivity (Wildman–Crippen MR) is 47.5 cm³/mol. The molecule has 0 aromatic carbocycles.